The van der Waals surface area contributed by atoms with E-state index in [1.165, 1.54) is 225 Å². The molecule has 0 rings (SSSR count). The van der Waals surface area contributed by atoms with Crippen LogP contribution in [0.5, 0.6) is 0 Å². The van der Waals surface area contributed by atoms with Gasteiger partial charge in [0, 0.05) is 12.8 Å². The molecule has 0 aromatic heterocycles. The van der Waals surface area contributed by atoms with E-state index in [0.717, 1.165) is 70.6 Å². The zero-order valence-corrected chi connectivity index (χ0v) is 45.1. The second-order valence-electron chi connectivity index (χ2n) is 20.7. The Morgan fingerprint density at radius 3 is 1.10 bits per heavy atom. The van der Waals surface area contributed by atoms with Gasteiger partial charge < -0.3 is 20.3 Å². The maximum Gasteiger partial charge on any atom is 0.305 e. The Morgan fingerprint density at radius 1 is 0.418 bits per heavy atom. The van der Waals surface area contributed by atoms with Gasteiger partial charge in [-0.3, -0.25) is 9.59 Å². The first kappa shape index (κ1) is 65.3. The van der Waals surface area contributed by atoms with Crippen LogP contribution in [0.1, 0.15) is 328 Å². The Kier molecular flexibility index (Phi) is 55.5. The largest absolute Gasteiger partial charge is 0.466 e. The summed E-state index contributed by atoms with van der Waals surface area (Å²) >= 11 is 0. The minimum atomic E-state index is -0.671. The van der Waals surface area contributed by atoms with Crippen LogP contribution in [0.25, 0.3) is 0 Å². The Hall–Kier alpha value is -1.66. The SMILES string of the molecule is CCCCCCCCCCCCCCCCCCCCCCC(O)C(CO)NC(=O)CCCCCCCCCCCC/C=C\C=C/CCCCCOC(=O)CCCCCCCCCCCCC. The van der Waals surface area contributed by atoms with Crippen molar-refractivity contribution in [3.8, 4) is 0 Å². The number of carbonyl (C=O) groups excluding carboxylic acids is 2. The summed E-state index contributed by atoms with van der Waals surface area (Å²) in [5, 5.41) is 23.3. The molecule has 0 aliphatic rings. The van der Waals surface area contributed by atoms with Crippen molar-refractivity contribution in [1.82, 2.24) is 5.32 Å². The van der Waals surface area contributed by atoms with Gasteiger partial charge in [0.1, 0.15) is 0 Å². The molecule has 0 spiro atoms. The maximum atomic E-state index is 12.5. The molecule has 2 unspecified atom stereocenters. The fourth-order valence-electron chi connectivity index (χ4n) is 9.40. The van der Waals surface area contributed by atoms with E-state index in [9.17, 15) is 19.8 Å². The summed E-state index contributed by atoms with van der Waals surface area (Å²) in [5.41, 5.74) is 0. The van der Waals surface area contributed by atoms with Crippen molar-refractivity contribution < 1.29 is 24.5 Å². The fraction of sp³-hybridized carbons (Fsp3) is 0.902. The third kappa shape index (κ3) is 53.5. The number of carbonyl (C=O) groups is 2. The van der Waals surface area contributed by atoms with Crippen molar-refractivity contribution in [2.24, 2.45) is 0 Å². The molecular weight excluding hydrogens is 827 g/mol. The van der Waals surface area contributed by atoms with E-state index in [1.807, 2.05) is 0 Å². The van der Waals surface area contributed by atoms with Crippen LogP contribution in [-0.4, -0.2) is 47.4 Å². The van der Waals surface area contributed by atoms with Gasteiger partial charge in [-0.15, -0.1) is 0 Å². The number of aliphatic hydroxyl groups excluding tert-OH is 2. The Balaban J connectivity index is 3.48. The van der Waals surface area contributed by atoms with E-state index in [4.69, 9.17) is 4.74 Å². The fourth-order valence-corrected chi connectivity index (χ4v) is 9.40. The summed E-state index contributed by atoms with van der Waals surface area (Å²) in [4.78, 5) is 24.5. The monoisotopic (exact) mass is 944 g/mol. The van der Waals surface area contributed by atoms with Crippen LogP contribution in [0.15, 0.2) is 24.3 Å². The van der Waals surface area contributed by atoms with Crippen molar-refractivity contribution in [2.45, 2.75) is 341 Å². The average molecular weight is 945 g/mol. The Labute approximate surface area is 418 Å². The molecule has 0 aromatic carbocycles. The van der Waals surface area contributed by atoms with Crippen molar-refractivity contribution in [1.29, 1.82) is 0 Å². The molecule has 396 valence electrons. The van der Waals surface area contributed by atoms with E-state index < -0.39 is 12.1 Å². The number of nitrogens with one attached hydrogen (secondary N) is 1. The van der Waals surface area contributed by atoms with E-state index in [-0.39, 0.29) is 18.5 Å². The molecule has 0 radical (unpaired) electrons. The summed E-state index contributed by atoms with van der Waals surface area (Å²) in [6.45, 7) is 4.93. The first-order chi connectivity index (χ1) is 33.0. The van der Waals surface area contributed by atoms with Crippen molar-refractivity contribution in [3.05, 3.63) is 24.3 Å². The number of hydrogen-bond donors (Lipinski definition) is 3. The highest BCUT2D eigenvalue weighted by Crippen LogP contribution is 2.18. The van der Waals surface area contributed by atoms with Crippen LogP contribution in [-0.2, 0) is 14.3 Å². The molecule has 0 saturated heterocycles. The van der Waals surface area contributed by atoms with Crippen LogP contribution in [0.2, 0.25) is 0 Å². The predicted molar refractivity (Wildman–Crippen MR) is 292 cm³/mol. The maximum absolute atomic E-state index is 12.5. The zero-order chi connectivity index (χ0) is 48.6. The lowest BCUT2D eigenvalue weighted by molar-refractivity contribution is -0.143. The third-order valence-corrected chi connectivity index (χ3v) is 14.0. The van der Waals surface area contributed by atoms with Crippen molar-refractivity contribution >= 4 is 11.9 Å². The zero-order valence-electron chi connectivity index (χ0n) is 45.1. The van der Waals surface area contributed by atoms with Gasteiger partial charge in [0.05, 0.1) is 25.4 Å². The molecule has 67 heavy (non-hydrogen) atoms. The summed E-state index contributed by atoms with van der Waals surface area (Å²) in [5.74, 6) is -0.0551. The quantitative estimate of drug-likeness (QED) is 0.0321. The van der Waals surface area contributed by atoms with E-state index in [1.54, 1.807) is 0 Å². The Bertz CT molecular complexity index is 1040. The topological polar surface area (TPSA) is 95.9 Å². The lowest BCUT2D eigenvalue weighted by Gasteiger charge is -2.22. The number of unbranched alkanes of at least 4 members (excludes halogenated alkanes) is 42. The summed E-state index contributed by atoms with van der Waals surface area (Å²) in [6, 6.07) is -0.549. The molecule has 3 N–H and O–H groups in total. The van der Waals surface area contributed by atoms with Gasteiger partial charge in [-0.25, -0.2) is 0 Å². The molecule has 6 nitrogen and oxygen atoms in total. The number of amides is 1. The van der Waals surface area contributed by atoms with Crippen molar-refractivity contribution in [2.75, 3.05) is 13.2 Å². The van der Waals surface area contributed by atoms with Gasteiger partial charge in [0.2, 0.25) is 5.91 Å². The smallest absolute Gasteiger partial charge is 0.305 e. The molecule has 0 aliphatic carbocycles. The van der Waals surface area contributed by atoms with E-state index in [2.05, 4.69) is 43.5 Å². The van der Waals surface area contributed by atoms with Gasteiger partial charge in [-0.2, -0.15) is 0 Å². The molecule has 0 aromatic rings. The van der Waals surface area contributed by atoms with E-state index >= 15 is 0 Å². The van der Waals surface area contributed by atoms with Gasteiger partial charge in [-0.05, 0) is 57.8 Å². The normalized spacial score (nSPS) is 12.7. The lowest BCUT2D eigenvalue weighted by Crippen LogP contribution is -2.45. The second kappa shape index (κ2) is 56.9. The number of allylic oxidation sites excluding steroid dienone is 4. The molecule has 0 bridgehead atoms. The highest BCUT2D eigenvalue weighted by molar-refractivity contribution is 5.76. The minimum Gasteiger partial charge on any atom is -0.466 e. The molecule has 6 heteroatoms. The lowest BCUT2D eigenvalue weighted by atomic mass is 10.0. The minimum absolute atomic E-state index is 0.0132. The molecule has 0 aliphatic heterocycles. The first-order valence-electron chi connectivity index (χ1n) is 30.1. The van der Waals surface area contributed by atoms with Crippen LogP contribution < -0.4 is 5.32 Å². The summed E-state index contributed by atoms with van der Waals surface area (Å²) in [7, 11) is 0. The van der Waals surface area contributed by atoms with Crippen LogP contribution in [0, 0.1) is 0 Å². The Morgan fingerprint density at radius 2 is 0.731 bits per heavy atom. The van der Waals surface area contributed by atoms with Gasteiger partial charge >= 0.3 is 5.97 Å². The number of rotatable bonds is 56. The highest BCUT2D eigenvalue weighted by atomic mass is 16.5. The van der Waals surface area contributed by atoms with Crippen LogP contribution >= 0.6 is 0 Å². The third-order valence-electron chi connectivity index (χ3n) is 14.0. The second-order valence-corrected chi connectivity index (χ2v) is 20.7. The number of hydrogen-bond acceptors (Lipinski definition) is 5. The van der Waals surface area contributed by atoms with Crippen molar-refractivity contribution in [3.63, 3.8) is 0 Å². The van der Waals surface area contributed by atoms with E-state index in [0.29, 0.717) is 25.9 Å². The number of esters is 1. The van der Waals surface area contributed by atoms with Gasteiger partial charge in [-0.1, -0.05) is 282 Å². The number of aliphatic hydroxyl groups is 2. The van der Waals surface area contributed by atoms with Gasteiger partial charge in [0.15, 0.2) is 0 Å². The van der Waals surface area contributed by atoms with Crippen LogP contribution in [0.3, 0.4) is 0 Å². The first-order valence-corrected chi connectivity index (χ1v) is 30.1. The van der Waals surface area contributed by atoms with Crippen LogP contribution in [0.4, 0.5) is 0 Å². The standard InChI is InChI=1S/C61H117NO5/c1-3-5-7-9-11-13-15-16-17-18-19-21-24-27-30-34-37-41-45-49-53-59(64)58(57-63)62-60(65)54-50-46-42-38-35-31-28-25-22-20-23-26-29-32-36-40-44-48-52-56-67-61(66)55-51-47-43-39-33-14-12-10-8-6-4-2/h26,29,32,36,58-59,63-64H,3-25,27-28,30-31,33-35,37-57H2,1-2H3,(H,62,65)/b29-26-,36-32-. The predicted octanol–water partition coefficient (Wildman–Crippen LogP) is 18.6. The molecule has 1 amide bonds. The average Bonchev–Trinajstić information content (AvgIpc) is 3.33. The molecule has 2 atom stereocenters. The number of ether oxygens (including phenoxy) is 1. The molecule has 0 heterocycles. The molecular formula is C61H117NO5. The van der Waals surface area contributed by atoms with Gasteiger partial charge in [0.25, 0.3) is 0 Å². The summed E-state index contributed by atoms with van der Waals surface area (Å²) in [6.07, 6.45) is 68.9. The highest BCUT2D eigenvalue weighted by Gasteiger charge is 2.20. The molecule has 0 saturated carbocycles. The molecule has 0 fully saturated rings. The summed E-state index contributed by atoms with van der Waals surface area (Å²) < 4.78 is 5.44.